The normalized spacial score (nSPS) is 11.7. The Morgan fingerprint density at radius 1 is 1.10 bits per heavy atom. The summed E-state index contributed by atoms with van der Waals surface area (Å²) in [5, 5.41) is 0.651. The molecule has 0 aliphatic carbocycles. The number of nitrogens with zero attached hydrogens (tertiary/aromatic N) is 2. The van der Waals surface area contributed by atoms with Crippen molar-refractivity contribution in [3.05, 3.63) is 41.2 Å². The molecule has 1 aromatic heterocycles. The van der Waals surface area contributed by atoms with Gasteiger partial charge in [-0.1, -0.05) is 32.5 Å². The molecule has 112 valence electrons. The van der Waals surface area contributed by atoms with Crippen LogP contribution in [0, 0.1) is 18.6 Å². The van der Waals surface area contributed by atoms with Crippen molar-refractivity contribution in [2.45, 2.75) is 43.0 Å². The quantitative estimate of drug-likeness (QED) is 0.849. The summed E-state index contributed by atoms with van der Waals surface area (Å²) in [5.74, 6) is -0.722. The zero-order chi connectivity index (χ0) is 15.8. The summed E-state index contributed by atoms with van der Waals surface area (Å²) in [6.07, 6.45) is 0. The Kier molecular flexibility index (Phi) is 4.18. The lowest BCUT2D eigenvalue weighted by molar-refractivity contribution is 0.506. The van der Waals surface area contributed by atoms with E-state index >= 15 is 0 Å². The van der Waals surface area contributed by atoms with Gasteiger partial charge in [0.1, 0.15) is 16.7 Å². The van der Waals surface area contributed by atoms with Crippen molar-refractivity contribution in [1.29, 1.82) is 0 Å². The van der Waals surface area contributed by atoms with Crippen molar-refractivity contribution in [2.24, 2.45) is 0 Å². The maximum atomic E-state index is 13.3. The first kappa shape index (κ1) is 15.7. The molecular formula is C15H17F2N3S. The number of benzene rings is 1. The fraction of sp³-hybridized carbons (Fsp3) is 0.333. The number of anilines is 1. The van der Waals surface area contributed by atoms with Crippen molar-refractivity contribution in [3.63, 3.8) is 0 Å². The molecule has 0 bridgehead atoms. The molecule has 1 heterocycles. The van der Waals surface area contributed by atoms with Crippen LogP contribution in [0.5, 0.6) is 0 Å². The highest BCUT2D eigenvalue weighted by atomic mass is 32.2. The molecule has 3 nitrogen and oxygen atoms in total. The predicted octanol–water partition coefficient (Wildman–Crippen LogP) is 4.09. The fourth-order valence-electron chi connectivity index (χ4n) is 1.60. The summed E-state index contributed by atoms with van der Waals surface area (Å²) < 4.78 is 26.3. The van der Waals surface area contributed by atoms with E-state index in [4.69, 9.17) is 5.73 Å². The van der Waals surface area contributed by atoms with Gasteiger partial charge in [0.15, 0.2) is 11.6 Å². The number of nitrogen functional groups attached to an aromatic ring is 1. The molecule has 0 spiro atoms. The van der Waals surface area contributed by atoms with Gasteiger partial charge >= 0.3 is 0 Å². The molecule has 0 atom stereocenters. The molecule has 2 N–H and O–H groups in total. The van der Waals surface area contributed by atoms with Crippen LogP contribution in [0.15, 0.2) is 28.1 Å². The molecule has 21 heavy (non-hydrogen) atoms. The Balaban J connectivity index is 2.43. The molecule has 0 radical (unpaired) electrons. The number of nitrogens with two attached hydrogens (primary N) is 1. The number of rotatable bonds is 2. The Bertz CT molecular complexity index is 681. The summed E-state index contributed by atoms with van der Waals surface area (Å²) in [6.45, 7) is 7.78. The largest absolute Gasteiger partial charge is 0.383 e. The van der Waals surface area contributed by atoms with E-state index in [9.17, 15) is 8.78 Å². The Hall–Kier alpha value is -1.69. The second kappa shape index (κ2) is 5.60. The third kappa shape index (κ3) is 3.50. The van der Waals surface area contributed by atoms with Crippen LogP contribution < -0.4 is 5.73 Å². The van der Waals surface area contributed by atoms with Gasteiger partial charge in [-0.25, -0.2) is 18.7 Å². The highest BCUT2D eigenvalue weighted by Gasteiger charge is 2.21. The molecule has 2 rings (SSSR count). The van der Waals surface area contributed by atoms with E-state index < -0.39 is 11.6 Å². The maximum absolute atomic E-state index is 13.3. The molecular weight excluding hydrogens is 292 g/mol. The second-order valence-electron chi connectivity index (χ2n) is 5.79. The van der Waals surface area contributed by atoms with E-state index in [2.05, 4.69) is 9.97 Å². The van der Waals surface area contributed by atoms with Crippen molar-refractivity contribution in [1.82, 2.24) is 9.97 Å². The van der Waals surface area contributed by atoms with Crippen molar-refractivity contribution < 1.29 is 8.78 Å². The SMILES string of the molecule is Cc1c(N)nc(C(C)(C)C)nc1Sc1ccc(F)c(F)c1. The average Bonchev–Trinajstić information content (AvgIpc) is 2.38. The standard InChI is InChI=1S/C15H17F2N3S/c1-8-12(18)19-14(15(2,3)4)20-13(8)21-9-5-6-10(16)11(17)7-9/h5-7H,1-4H3,(H2,18,19,20). The zero-order valence-electron chi connectivity index (χ0n) is 12.4. The van der Waals surface area contributed by atoms with Crippen LogP contribution in [0.4, 0.5) is 14.6 Å². The summed E-state index contributed by atoms with van der Waals surface area (Å²) in [5.41, 5.74) is 6.42. The fourth-order valence-corrected chi connectivity index (χ4v) is 2.51. The summed E-state index contributed by atoms with van der Waals surface area (Å²) in [7, 11) is 0. The van der Waals surface area contributed by atoms with Gasteiger partial charge < -0.3 is 5.73 Å². The van der Waals surface area contributed by atoms with Gasteiger partial charge in [-0.05, 0) is 25.1 Å². The molecule has 0 aliphatic rings. The second-order valence-corrected chi connectivity index (χ2v) is 6.85. The van der Waals surface area contributed by atoms with Crippen LogP contribution in [0.25, 0.3) is 0 Å². The van der Waals surface area contributed by atoms with Gasteiger partial charge in [-0.3, -0.25) is 0 Å². The Morgan fingerprint density at radius 2 is 1.76 bits per heavy atom. The predicted molar refractivity (Wildman–Crippen MR) is 80.4 cm³/mol. The van der Waals surface area contributed by atoms with Gasteiger partial charge in [-0.15, -0.1) is 0 Å². The zero-order valence-corrected chi connectivity index (χ0v) is 13.2. The lowest BCUT2D eigenvalue weighted by Crippen LogP contribution is -2.18. The molecule has 0 fully saturated rings. The lowest BCUT2D eigenvalue weighted by atomic mass is 9.95. The summed E-state index contributed by atoms with van der Waals surface area (Å²) in [6, 6.07) is 3.76. The molecule has 6 heteroatoms. The minimum absolute atomic E-state index is 0.245. The third-order valence-corrected chi connectivity index (χ3v) is 4.00. The van der Waals surface area contributed by atoms with Crippen LogP contribution in [0.3, 0.4) is 0 Å². The number of hydrogen-bond acceptors (Lipinski definition) is 4. The first-order chi connectivity index (χ1) is 9.68. The van der Waals surface area contributed by atoms with E-state index in [-0.39, 0.29) is 5.41 Å². The van der Waals surface area contributed by atoms with Gasteiger partial charge in [0, 0.05) is 15.9 Å². The monoisotopic (exact) mass is 309 g/mol. The number of hydrogen-bond donors (Lipinski definition) is 1. The average molecular weight is 309 g/mol. The molecule has 0 unspecified atom stereocenters. The first-order valence-corrected chi connectivity index (χ1v) is 7.27. The van der Waals surface area contributed by atoms with Gasteiger partial charge in [-0.2, -0.15) is 0 Å². The maximum Gasteiger partial charge on any atom is 0.159 e. The highest BCUT2D eigenvalue weighted by molar-refractivity contribution is 7.99. The van der Waals surface area contributed by atoms with E-state index in [1.807, 2.05) is 27.7 Å². The molecule has 0 aliphatic heterocycles. The minimum Gasteiger partial charge on any atom is -0.383 e. The van der Waals surface area contributed by atoms with Crippen molar-refractivity contribution in [2.75, 3.05) is 5.73 Å². The van der Waals surface area contributed by atoms with Crippen molar-refractivity contribution >= 4 is 17.6 Å². The topological polar surface area (TPSA) is 51.8 Å². The van der Waals surface area contributed by atoms with Crippen LogP contribution in [-0.4, -0.2) is 9.97 Å². The Labute approximate surface area is 127 Å². The summed E-state index contributed by atoms with van der Waals surface area (Å²) in [4.78, 5) is 9.37. The molecule has 2 aromatic rings. The van der Waals surface area contributed by atoms with E-state index in [0.717, 1.165) is 17.7 Å². The van der Waals surface area contributed by atoms with Crippen molar-refractivity contribution in [3.8, 4) is 0 Å². The van der Waals surface area contributed by atoms with Crippen LogP contribution in [0.1, 0.15) is 32.2 Å². The van der Waals surface area contributed by atoms with Gasteiger partial charge in [0.05, 0.1) is 0 Å². The van der Waals surface area contributed by atoms with Crippen LogP contribution >= 0.6 is 11.8 Å². The molecule has 1 aromatic carbocycles. The smallest absolute Gasteiger partial charge is 0.159 e. The highest BCUT2D eigenvalue weighted by Crippen LogP contribution is 2.33. The molecule has 0 saturated heterocycles. The van der Waals surface area contributed by atoms with Crippen LogP contribution in [0.2, 0.25) is 0 Å². The number of halogens is 2. The van der Waals surface area contributed by atoms with E-state index in [1.54, 1.807) is 0 Å². The molecule has 0 saturated carbocycles. The van der Waals surface area contributed by atoms with Gasteiger partial charge in [0.25, 0.3) is 0 Å². The lowest BCUT2D eigenvalue weighted by Gasteiger charge is -2.19. The number of aromatic nitrogens is 2. The minimum atomic E-state index is -0.879. The molecule has 0 amide bonds. The van der Waals surface area contributed by atoms with Crippen LogP contribution in [-0.2, 0) is 5.41 Å². The third-order valence-electron chi connectivity index (χ3n) is 2.92. The first-order valence-electron chi connectivity index (χ1n) is 6.46. The summed E-state index contributed by atoms with van der Waals surface area (Å²) >= 11 is 1.24. The van der Waals surface area contributed by atoms with E-state index in [0.29, 0.717) is 21.6 Å². The Morgan fingerprint density at radius 3 is 2.33 bits per heavy atom. The van der Waals surface area contributed by atoms with E-state index in [1.165, 1.54) is 17.8 Å². The van der Waals surface area contributed by atoms with Gasteiger partial charge in [0.2, 0.25) is 0 Å².